The molecule has 0 aromatic heterocycles. The van der Waals surface area contributed by atoms with Gasteiger partial charge in [0, 0.05) is 13.1 Å². The molecule has 1 atom stereocenters. The fourth-order valence-corrected chi connectivity index (χ4v) is 2.21. The van der Waals surface area contributed by atoms with E-state index in [1.807, 2.05) is 6.07 Å². The summed E-state index contributed by atoms with van der Waals surface area (Å²) in [4.78, 5) is 13.6. The van der Waals surface area contributed by atoms with Crippen LogP contribution in [0.2, 0.25) is 0 Å². The van der Waals surface area contributed by atoms with Crippen molar-refractivity contribution in [2.75, 3.05) is 13.1 Å². The van der Waals surface area contributed by atoms with E-state index in [1.54, 1.807) is 4.90 Å². The second-order valence-corrected chi connectivity index (χ2v) is 4.88. The van der Waals surface area contributed by atoms with Crippen LogP contribution in [0.1, 0.15) is 33.1 Å². The van der Waals surface area contributed by atoms with Gasteiger partial charge in [-0.2, -0.15) is 5.26 Å². The normalized spacial score (nSPS) is 19.6. The van der Waals surface area contributed by atoms with Crippen molar-refractivity contribution in [1.82, 2.24) is 4.90 Å². The van der Waals surface area contributed by atoms with Gasteiger partial charge in [-0.25, -0.2) is 0 Å². The first-order valence-electron chi connectivity index (χ1n) is 5.97. The maximum Gasteiger partial charge on any atom is 0.240 e. The second kappa shape index (κ2) is 5.86. The third-order valence-corrected chi connectivity index (χ3v) is 3.42. The number of carbonyl (C=O) groups excluding carboxylic acids is 1. The van der Waals surface area contributed by atoms with E-state index in [9.17, 15) is 4.79 Å². The fourth-order valence-electron chi connectivity index (χ4n) is 2.21. The molecule has 1 saturated heterocycles. The molecule has 1 fully saturated rings. The summed E-state index contributed by atoms with van der Waals surface area (Å²) in [6.45, 7) is 6.04. The van der Waals surface area contributed by atoms with E-state index in [4.69, 9.17) is 11.0 Å². The number of carbonyl (C=O) groups is 1. The molecule has 0 saturated carbocycles. The quantitative estimate of drug-likeness (QED) is 0.779. The summed E-state index contributed by atoms with van der Waals surface area (Å²) in [7, 11) is 0. The first kappa shape index (κ1) is 13.0. The number of rotatable bonds is 3. The minimum atomic E-state index is -0.638. The SMILES string of the molecule is CC(C)C1CCN(C(=O)[C@@H](N)CC#N)CC1. The number of likely N-dealkylation sites (tertiary alicyclic amines) is 1. The highest BCUT2D eigenvalue weighted by atomic mass is 16.2. The topological polar surface area (TPSA) is 70.1 Å². The molecule has 16 heavy (non-hydrogen) atoms. The van der Waals surface area contributed by atoms with Gasteiger partial charge in [-0.1, -0.05) is 13.8 Å². The van der Waals surface area contributed by atoms with Crippen molar-refractivity contribution in [3.63, 3.8) is 0 Å². The van der Waals surface area contributed by atoms with Gasteiger partial charge in [0.25, 0.3) is 0 Å². The largest absolute Gasteiger partial charge is 0.341 e. The Bertz CT molecular complexity index is 274. The Morgan fingerprint density at radius 1 is 1.50 bits per heavy atom. The Hall–Kier alpha value is -1.08. The maximum atomic E-state index is 11.8. The summed E-state index contributed by atoms with van der Waals surface area (Å²) < 4.78 is 0. The van der Waals surface area contributed by atoms with Gasteiger partial charge in [0.1, 0.15) is 0 Å². The van der Waals surface area contributed by atoms with Gasteiger partial charge in [0.15, 0.2) is 0 Å². The van der Waals surface area contributed by atoms with Gasteiger partial charge in [0.2, 0.25) is 5.91 Å². The number of amides is 1. The second-order valence-electron chi connectivity index (χ2n) is 4.88. The Balaban J connectivity index is 2.42. The zero-order valence-corrected chi connectivity index (χ0v) is 10.1. The van der Waals surface area contributed by atoms with Crippen LogP contribution in [0.15, 0.2) is 0 Å². The van der Waals surface area contributed by atoms with Crippen LogP contribution in [-0.4, -0.2) is 29.9 Å². The van der Waals surface area contributed by atoms with Crippen LogP contribution in [0.3, 0.4) is 0 Å². The maximum absolute atomic E-state index is 11.8. The molecule has 1 aliphatic rings. The Kier molecular flexibility index (Phi) is 4.75. The van der Waals surface area contributed by atoms with E-state index in [0.717, 1.165) is 31.8 Å². The number of nitrogens with zero attached hydrogens (tertiary/aromatic N) is 2. The highest BCUT2D eigenvalue weighted by Crippen LogP contribution is 2.24. The lowest BCUT2D eigenvalue weighted by molar-refractivity contribution is -0.134. The number of nitrogens with two attached hydrogens (primary N) is 1. The molecule has 1 aliphatic heterocycles. The molecule has 0 unspecified atom stereocenters. The van der Waals surface area contributed by atoms with Crippen molar-refractivity contribution in [1.29, 1.82) is 5.26 Å². The van der Waals surface area contributed by atoms with E-state index in [1.165, 1.54) is 0 Å². The summed E-state index contributed by atoms with van der Waals surface area (Å²) in [5.41, 5.74) is 5.64. The van der Waals surface area contributed by atoms with Gasteiger partial charge in [-0.15, -0.1) is 0 Å². The molecule has 0 aromatic carbocycles. The average Bonchev–Trinajstić information content (AvgIpc) is 2.28. The van der Waals surface area contributed by atoms with Crippen LogP contribution in [-0.2, 0) is 4.79 Å². The van der Waals surface area contributed by atoms with Crippen LogP contribution < -0.4 is 5.73 Å². The highest BCUT2D eigenvalue weighted by Gasteiger charge is 2.27. The summed E-state index contributed by atoms with van der Waals surface area (Å²) in [6, 6.07) is 1.30. The van der Waals surface area contributed by atoms with Crippen molar-refractivity contribution in [2.45, 2.75) is 39.2 Å². The molecular formula is C12H21N3O. The lowest BCUT2D eigenvalue weighted by atomic mass is 9.86. The Morgan fingerprint density at radius 2 is 2.06 bits per heavy atom. The molecule has 4 nitrogen and oxygen atoms in total. The predicted molar refractivity (Wildman–Crippen MR) is 62.3 cm³/mol. The third kappa shape index (κ3) is 3.21. The molecule has 0 radical (unpaired) electrons. The van der Waals surface area contributed by atoms with E-state index in [2.05, 4.69) is 13.8 Å². The smallest absolute Gasteiger partial charge is 0.240 e. The summed E-state index contributed by atoms with van der Waals surface area (Å²) in [5, 5.41) is 8.50. The Morgan fingerprint density at radius 3 is 2.50 bits per heavy atom. The molecule has 0 aliphatic carbocycles. The summed E-state index contributed by atoms with van der Waals surface area (Å²) >= 11 is 0. The monoisotopic (exact) mass is 223 g/mol. The van der Waals surface area contributed by atoms with Crippen molar-refractivity contribution < 1.29 is 4.79 Å². The first-order chi connectivity index (χ1) is 7.56. The molecule has 0 aromatic rings. The van der Waals surface area contributed by atoms with Crippen molar-refractivity contribution in [2.24, 2.45) is 17.6 Å². The van der Waals surface area contributed by atoms with Crippen LogP contribution in [0.4, 0.5) is 0 Å². The summed E-state index contributed by atoms with van der Waals surface area (Å²) in [6.07, 6.45) is 2.23. The minimum Gasteiger partial charge on any atom is -0.341 e. The molecule has 1 amide bonds. The van der Waals surface area contributed by atoms with Crippen LogP contribution in [0.25, 0.3) is 0 Å². The molecule has 1 rings (SSSR count). The molecule has 2 N–H and O–H groups in total. The molecular weight excluding hydrogens is 202 g/mol. The van der Waals surface area contributed by atoms with Gasteiger partial charge in [-0.05, 0) is 24.7 Å². The lowest BCUT2D eigenvalue weighted by Crippen LogP contribution is -2.47. The first-order valence-corrected chi connectivity index (χ1v) is 5.97. The highest BCUT2D eigenvalue weighted by molar-refractivity contribution is 5.82. The summed E-state index contributed by atoms with van der Waals surface area (Å²) in [5.74, 6) is 1.34. The number of piperidine rings is 1. The van der Waals surface area contributed by atoms with Gasteiger partial charge >= 0.3 is 0 Å². The van der Waals surface area contributed by atoms with Gasteiger partial charge in [-0.3, -0.25) is 4.79 Å². The molecule has 0 spiro atoms. The zero-order chi connectivity index (χ0) is 12.1. The van der Waals surface area contributed by atoms with Gasteiger partial charge in [0.05, 0.1) is 18.5 Å². The van der Waals surface area contributed by atoms with E-state index in [-0.39, 0.29) is 12.3 Å². The number of nitriles is 1. The van der Waals surface area contributed by atoms with Crippen LogP contribution in [0, 0.1) is 23.2 Å². The van der Waals surface area contributed by atoms with Crippen LogP contribution in [0.5, 0.6) is 0 Å². The van der Waals surface area contributed by atoms with Gasteiger partial charge < -0.3 is 10.6 Å². The van der Waals surface area contributed by atoms with E-state index < -0.39 is 6.04 Å². The lowest BCUT2D eigenvalue weighted by Gasteiger charge is -2.34. The molecule has 4 heteroatoms. The number of hydrogen-bond donors (Lipinski definition) is 1. The standard InChI is InChI=1S/C12H21N3O/c1-9(2)10-4-7-15(8-5-10)12(16)11(14)3-6-13/h9-11H,3-5,7-8,14H2,1-2H3/t11-/m0/s1. The third-order valence-electron chi connectivity index (χ3n) is 3.42. The minimum absolute atomic E-state index is 0.0660. The molecule has 0 bridgehead atoms. The fraction of sp³-hybridized carbons (Fsp3) is 0.833. The van der Waals surface area contributed by atoms with Crippen molar-refractivity contribution in [3.05, 3.63) is 0 Å². The van der Waals surface area contributed by atoms with Crippen molar-refractivity contribution in [3.8, 4) is 6.07 Å². The molecule has 1 heterocycles. The Labute approximate surface area is 97.4 Å². The van der Waals surface area contributed by atoms with E-state index >= 15 is 0 Å². The van der Waals surface area contributed by atoms with Crippen molar-refractivity contribution >= 4 is 5.91 Å². The number of hydrogen-bond acceptors (Lipinski definition) is 3. The van der Waals surface area contributed by atoms with Crippen LogP contribution >= 0.6 is 0 Å². The predicted octanol–water partition coefficient (Wildman–Crippen LogP) is 1.12. The average molecular weight is 223 g/mol. The molecule has 90 valence electrons. The van der Waals surface area contributed by atoms with E-state index in [0.29, 0.717) is 5.92 Å². The zero-order valence-electron chi connectivity index (χ0n) is 10.1.